The van der Waals surface area contributed by atoms with Crippen LogP contribution in [-0.2, 0) is 0 Å². The monoisotopic (exact) mass is 379 g/mol. The molecule has 2 aromatic rings. The number of halogens is 1. The molecule has 2 rings (SSSR count). The minimum absolute atomic E-state index is 0.0283. The van der Waals surface area contributed by atoms with E-state index in [4.69, 9.17) is 0 Å². The van der Waals surface area contributed by atoms with E-state index < -0.39 is 0 Å². The van der Waals surface area contributed by atoms with Crippen LogP contribution in [0, 0.1) is 12.7 Å². The molecule has 0 aliphatic rings. The number of nitrogens with zero attached hydrogens (tertiary/aromatic N) is 3. The lowest BCUT2D eigenvalue weighted by atomic mass is 10.1. The number of amides is 1. The van der Waals surface area contributed by atoms with Crippen LogP contribution < -0.4 is 0 Å². The number of aryl methyl sites for hydroxylation is 1. The first-order valence-electron chi connectivity index (χ1n) is 9.07. The molecule has 4 nitrogen and oxygen atoms in total. The van der Waals surface area contributed by atoms with E-state index in [0.717, 1.165) is 49.3 Å². The van der Waals surface area contributed by atoms with Gasteiger partial charge in [-0.05, 0) is 78.7 Å². The summed E-state index contributed by atoms with van der Waals surface area (Å²) in [6.45, 7) is 5.18. The number of carbonyl (C=O) groups is 1. The van der Waals surface area contributed by atoms with Gasteiger partial charge in [0.1, 0.15) is 5.82 Å². The number of carbonyl (C=O) groups excluding carboxylic acids is 1. The minimum atomic E-state index is -0.248. The summed E-state index contributed by atoms with van der Waals surface area (Å²) in [5.74, 6) is -0.220. The van der Waals surface area contributed by atoms with Crippen LogP contribution in [0.2, 0.25) is 0 Å². The Labute approximate surface area is 160 Å². The maximum atomic E-state index is 14.2. The normalized spacial score (nSPS) is 11.7. The third-order valence-electron chi connectivity index (χ3n) is 4.45. The highest BCUT2D eigenvalue weighted by Crippen LogP contribution is 2.33. The largest absolute Gasteiger partial charge is 0.338 e. The van der Waals surface area contributed by atoms with Crippen LogP contribution in [0.25, 0.3) is 10.1 Å². The van der Waals surface area contributed by atoms with Gasteiger partial charge in [-0.2, -0.15) is 0 Å². The van der Waals surface area contributed by atoms with Crippen LogP contribution >= 0.6 is 11.3 Å². The van der Waals surface area contributed by atoms with Crippen LogP contribution in [0.1, 0.15) is 28.1 Å². The molecule has 0 atom stereocenters. The zero-order valence-corrected chi connectivity index (χ0v) is 17.3. The summed E-state index contributed by atoms with van der Waals surface area (Å²) in [7, 11) is 8.16. The number of benzene rings is 1. The molecule has 1 aromatic carbocycles. The van der Waals surface area contributed by atoms with E-state index in [1.54, 1.807) is 6.07 Å². The highest BCUT2D eigenvalue weighted by atomic mass is 32.1. The molecule has 1 aromatic heterocycles. The Morgan fingerprint density at radius 3 is 2.08 bits per heavy atom. The van der Waals surface area contributed by atoms with Crippen molar-refractivity contribution in [1.29, 1.82) is 0 Å². The standard InChI is InChI=1S/C20H30FN3OS/c1-15-18-16(21)9-6-10-17(18)26-19(15)20(25)24(13-7-11-22(2)3)14-8-12-23(4)5/h6,9-10H,7-8,11-14H2,1-5H3. The molecule has 1 heterocycles. The maximum Gasteiger partial charge on any atom is 0.264 e. The first kappa shape index (κ1) is 20.8. The summed E-state index contributed by atoms with van der Waals surface area (Å²) in [4.78, 5) is 20.0. The van der Waals surface area contributed by atoms with Gasteiger partial charge >= 0.3 is 0 Å². The minimum Gasteiger partial charge on any atom is -0.338 e. The van der Waals surface area contributed by atoms with Gasteiger partial charge < -0.3 is 14.7 Å². The average Bonchev–Trinajstić information content (AvgIpc) is 2.90. The number of hydrogen-bond donors (Lipinski definition) is 0. The molecule has 0 fully saturated rings. The predicted octanol–water partition coefficient (Wildman–Crippen LogP) is 3.69. The molecule has 0 saturated carbocycles. The fraction of sp³-hybridized carbons (Fsp3) is 0.550. The van der Waals surface area contributed by atoms with Crippen molar-refractivity contribution in [3.63, 3.8) is 0 Å². The van der Waals surface area contributed by atoms with Crippen molar-refractivity contribution < 1.29 is 9.18 Å². The van der Waals surface area contributed by atoms with E-state index in [1.165, 1.54) is 17.4 Å². The summed E-state index contributed by atoms with van der Waals surface area (Å²) < 4.78 is 15.0. The molecule has 0 saturated heterocycles. The Hall–Kier alpha value is -1.50. The molecular weight excluding hydrogens is 349 g/mol. The molecule has 0 aliphatic heterocycles. The van der Waals surface area contributed by atoms with Crippen LogP contribution in [0.3, 0.4) is 0 Å². The maximum absolute atomic E-state index is 14.2. The summed E-state index contributed by atoms with van der Waals surface area (Å²) in [5.41, 5.74) is 0.762. The van der Waals surface area contributed by atoms with E-state index in [2.05, 4.69) is 9.80 Å². The summed E-state index contributed by atoms with van der Waals surface area (Å²) >= 11 is 1.40. The Kier molecular flexibility index (Phi) is 7.55. The zero-order valence-electron chi connectivity index (χ0n) is 16.5. The first-order valence-corrected chi connectivity index (χ1v) is 9.89. The fourth-order valence-corrected chi connectivity index (χ4v) is 4.26. The van der Waals surface area contributed by atoms with Crippen molar-refractivity contribution in [3.05, 3.63) is 34.5 Å². The molecule has 0 radical (unpaired) electrons. The molecule has 144 valence electrons. The molecular formula is C20H30FN3OS. The number of thiophene rings is 1. The Balaban J connectivity index is 2.21. The smallest absolute Gasteiger partial charge is 0.264 e. The highest BCUT2D eigenvalue weighted by Gasteiger charge is 2.22. The van der Waals surface area contributed by atoms with Gasteiger partial charge in [0.25, 0.3) is 5.91 Å². The second kappa shape index (κ2) is 9.44. The fourth-order valence-electron chi connectivity index (χ4n) is 3.07. The third kappa shape index (κ3) is 5.25. The van der Waals surface area contributed by atoms with Gasteiger partial charge in [0.2, 0.25) is 0 Å². The number of rotatable bonds is 9. The average molecular weight is 380 g/mol. The van der Waals surface area contributed by atoms with Gasteiger partial charge in [0.15, 0.2) is 0 Å². The van der Waals surface area contributed by atoms with Gasteiger partial charge in [0, 0.05) is 23.2 Å². The van der Waals surface area contributed by atoms with Gasteiger partial charge in [-0.25, -0.2) is 4.39 Å². The van der Waals surface area contributed by atoms with E-state index >= 15 is 0 Å². The van der Waals surface area contributed by atoms with Gasteiger partial charge in [-0.1, -0.05) is 6.07 Å². The van der Waals surface area contributed by atoms with Gasteiger partial charge in [0.05, 0.1) is 4.88 Å². The highest BCUT2D eigenvalue weighted by molar-refractivity contribution is 7.21. The second-order valence-electron chi connectivity index (χ2n) is 7.28. The topological polar surface area (TPSA) is 26.8 Å². The lowest BCUT2D eigenvalue weighted by Gasteiger charge is -2.24. The summed E-state index contributed by atoms with van der Waals surface area (Å²) in [6.07, 6.45) is 1.86. The molecule has 6 heteroatoms. The van der Waals surface area contributed by atoms with Crippen molar-refractivity contribution >= 4 is 27.3 Å². The van der Waals surface area contributed by atoms with E-state index in [9.17, 15) is 9.18 Å². The van der Waals surface area contributed by atoms with Crippen molar-refractivity contribution in [2.24, 2.45) is 0 Å². The molecule has 0 aliphatic carbocycles. The first-order chi connectivity index (χ1) is 12.3. The van der Waals surface area contributed by atoms with Crippen LogP contribution in [0.5, 0.6) is 0 Å². The third-order valence-corrected chi connectivity index (χ3v) is 5.70. The molecule has 0 N–H and O–H groups in total. The van der Waals surface area contributed by atoms with E-state index in [-0.39, 0.29) is 11.7 Å². The van der Waals surface area contributed by atoms with Crippen molar-refractivity contribution in [3.8, 4) is 0 Å². The lowest BCUT2D eigenvalue weighted by molar-refractivity contribution is 0.0749. The Morgan fingerprint density at radius 2 is 1.58 bits per heavy atom. The summed E-state index contributed by atoms with van der Waals surface area (Å²) in [6, 6.07) is 5.05. The van der Waals surface area contributed by atoms with Crippen molar-refractivity contribution in [2.75, 3.05) is 54.4 Å². The van der Waals surface area contributed by atoms with E-state index in [0.29, 0.717) is 10.3 Å². The second-order valence-corrected chi connectivity index (χ2v) is 8.33. The van der Waals surface area contributed by atoms with Crippen molar-refractivity contribution in [2.45, 2.75) is 19.8 Å². The SMILES string of the molecule is Cc1c(C(=O)N(CCCN(C)C)CCCN(C)C)sc2cccc(F)c12. The Morgan fingerprint density at radius 1 is 1.00 bits per heavy atom. The molecule has 0 spiro atoms. The van der Waals surface area contributed by atoms with Gasteiger partial charge in [-0.3, -0.25) is 4.79 Å². The van der Waals surface area contributed by atoms with Crippen LogP contribution in [0.15, 0.2) is 18.2 Å². The summed E-state index contributed by atoms with van der Waals surface area (Å²) in [5, 5.41) is 0.586. The number of fused-ring (bicyclic) bond motifs is 1. The molecule has 26 heavy (non-hydrogen) atoms. The number of hydrogen-bond acceptors (Lipinski definition) is 4. The molecule has 0 unspecified atom stereocenters. The Bertz CT molecular complexity index is 728. The molecule has 0 bridgehead atoms. The molecule has 1 amide bonds. The van der Waals surface area contributed by atoms with E-state index in [1.807, 2.05) is 46.1 Å². The predicted molar refractivity (Wildman–Crippen MR) is 109 cm³/mol. The lowest BCUT2D eigenvalue weighted by Crippen LogP contribution is -2.35. The van der Waals surface area contributed by atoms with Gasteiger partial charge in [-0.15, -0.1) is 11.3 Å². The van der Waals surface area contributed by atoms with Crippen molar-refractivity contribution in [1.82, 2.24) is 14.7 Å². The van der Waals surface area contributed by atoms with Crippen LogP contribution in [-0.4, -0.2) is 75.0 Å². The van der Waals surface area contributed by atoms with Crippen LogP contribution in [0.4, 0.5) is 4.39 Å². The zero-order chi connectivity index (χ0) is 19.3. The quantitative estimate of drug-likeness (QED) is 0.665.